The van der Waals surface area contributed by atoms with Crippen LogP contribution in [0, 0.1) is 0 Å². The van der Waals surface area contributed by atoms with E-state index in [0.717, 1.165) is 0 Å². The fourth-order valence-electron chi connectivity index (χ4n) is 1.47. The Kier molecular flexibility index (Phi) is 2.74. The first-order valence-electron chi connectivity index (χ1n) is 4.56. The second-order valence-electron chi connectivity index (χ2n) is 3.36. The molecule has 3 N–H and O–H groups in total. The predicted molar refractivity (Wildman–Crippen MR) is 58.4 cm³/mol. The number of nitrogens with zero attached hydrogens (tertiary/aromatic N) is 1. The molecule has 0 aliphatic carbocycles. The van der Waals surface area contributed by atoms with Gasteiger partial charge in [-0.15, -0.1) is 0 Å². The molecule has 1 aromatic heterocycles. The number of benzene rings is 1. The number of aromatic amines is 1. The molecule has 1 heterocycles. The molecule has 0 radical (unpaired) electrons. The molecule has 0 saturated heterocycles. The monoisotopic (exact) mass is 261 g/mol. The average Bonchev–Trinajstić information content (AvgIpc) is 2.61. The van der Waals surface area contributed by atoms with Gasteiger partial charge >= 0.3 is 6.18 Å². The minimum absolute atomic E-state index is 0.158. The van der Waals surface area contributed by atoms with E-state index in [2.05, 4.69) is 5.10 Å². The molecule has 0 bridgehead atoms. The summed E-state index contributed by atoms with van der Waals surface area (Å²) >= 11 is 5.67. The van der Waals surface area contributed by atoms with Gasteiger partial charge in [0.25, 0.3) is 0 Å². The summed E-state index contributed by atoms with van der Waals surface area (Å²) in [6, 6.07) is 5.89. The fraction of sp³-hybridized carbons (Fsp3) is 0.100. The summed E-state index contributed by atoms with van der Waals surface area (Å²) in [4.78, 5) is 0. The first-order valence-corrected chi connectivity index (χ1v) is 4.94. The summed E-state index contributed by atoms with van der Waals surface area (Å²) in [5, 5.41) is 5.71. The first-order chi connectivity index (χ1) is 7.89. The molecule has 2 rings (SSSR count). The van der Waals surface area contributed by atoms with E-state index in [1.807, 2.05) is 5.10 Å². The van der Waals surface area contributed by atoms with Crippen LogP contribution in [0.1, 0.15) is 5.69 Å². The van der Waals surface area contributed by atoms with Gasteiger partial charge in [0.2, 0.25) is 0 Å². The zero-order chi connectivity index (χ0) is 12.6. The molecule has 0 fully saturated rings. The van der Waals surface area contributed by atoms with Gasteiger partial charge in [-0.2, -0.15) is 18.3 Å². The molecular weight excluding hydrogens is 255 g/mol. The highest BCUT2D eigenvalue weighted by molar-refractivity contribution is 6.30. The average molecular weight is 262 g/mol. The van der Waals surface area contributed by atoms with Crippen LogP contribution in [0.5, 0.6) is 0 Å². The number of hydrogen-bond donors (Lipinski definition) is 2. The number of nitrogen functional groups attached to an aromatic ring is 1. The minimum atomic E-state index is -4.53. The second-order valence-corrected chi connectivity index (χ2v) is 3.80. The number of nitrogens with one attached hydrogen (secondary N) is 1. The molecule has 2 aromatic rings. The number of alkyl halides is 3. The normalized spacial score (nSPS) is 11.8. The molecule has 0 aliphatic heterocycles. The molecule has 90 valence electrons. The number of anilines is 1. The molecule has 17 heavy (non-hydrogen) atoms. The molecule has 0 unspecified atom stereocenters. The molecule has 0 spiro atoms. The maximum atomic E-state index is 12.7. The molecule has 7 heteroatoms. The lowest BCUT2D eigenvalue weighted by Crippen LogP contribution is -2.07. The van der Waals surface area contributed by atoms with Gasteiger partial charge in [0, 0.05) is 5.02 Å². The van der Waals surface area contributed by atoms with Crippen molar-refractivity contribution in [3.63, 3.8) is 0 Å². The van der Waals surface area contributed by atoms with Crippen molar-refractivity contribution in [2.45, 2.75) is 6.18 Å². The third kappa shape index (κ3) is 2.21. The van der Waals surface area contributed by atoms with Gasteiger partial charge in [-0.3, -0.25) is 5.10 Å². The Labute approximate surface area is 99.4 Å². The number of aromatic nitrogens is 2. The lowest BCUT2D eigenvalue weighted by Gasteiger charge is -2.07. The Bertz CT molecular complexity index is 531. The smallest absolute Gasteiger partial charge is 0.382 e. The lowest BCUT2D eigenvalue weighted by atomic mass is 10.1. The number of H-pyrrole nitrogens is 1. The van der Waals surface area contributed by atoms with E-state index in [1.54, 1.807) is 0 Å². The van der Waals surface area contributed by atoms with E-state index < -0.39 is 11.9 Å². The van der Waals surface area contributed by atoms with Gasteiger partial charge in [0.15, 0.2) is 5.82 Å². The highest BCUT2D eigenvalue weighted by atomic mass is 35.5. The number of rotatable bonds is 1. The van der Waals surface area contributed by atoms with Crippen LogP contribution in [0.25, 0.3) is 11.1 Å². The van der Waals surface area contributed by atoms with Gasteiger partial charge in [-0.05, 0) is 17.7 Å². The van der Waals surface area contributed by atoms with Gasteiger partial charge in [0.1, 0.15) is 5.69 Å². The number of halogens is 4. The molecule has 0 aliphatic rings. The van der Waals surface area contributed by atoms with Crippen molar-refractivity contribution in [1.29, 1.82) is 0 Å². The summed E-state index contributed by atoms with van der Waals surface area (Å²) in [5.74, 6) is -0.195. The maximum Gasteiger partial charge on any atom is 0.433 e. The number of hydrogen-bond acceptors (Lipinski definition) is 2. The van der Waals surface area contributed by atoms with Gasteiger partial charge in [-0.25, -0.2) is 0 Å². The quantitative estimate of drug-likeness (QED) is 0.827. The standard InChI is InChI=1S/C10H7ClF3N3/c11-6-3-1-5(2-4-6)7-8(10(12,13)14)16-17-9(7)15/h1-4H,(H3,15,16,17). The van der Waals surface area contributed by atoms with Crippen molar-refractivity contribution in [2.75, 3.05) is 5.73 Å². The summed E-state index contributed by atoms with van der Waals surface area (Å²) in [7, 11) is 0. The largest absolute Gasteiger partial charge is 0.433 e. The first kappa shape index (κ1) is 11.8. The van der Waals surface area contributed by atoms with Crippen molar-refractivity contribution >= 4 is 17.4 Å². The Morgan fingerprint density at radius 2 is 1.76 bits per heavy atom. The Morgan fingerprint density at radius 3 is 2.29 bits per heavy atom. The van der Waals surface area contributed by atoms with Crippen LogP contribution in [0.3, 0.4) is 0 Å². The maximum absolute atomic E-state index is 12.7. The van der Waals surface area contributed by atoms with Crippen molar-refractivity contribution in [3.8, 4) is 11.1 Å². The highest BCUT2D eigenvalue weighted by Crippen LogP contribution is 2.38. The molecule has 0 amide bonds. The third-order valence-corrected chi connectivity index (χ3v) is 2.46. The SMILES string of the molecule is Nc1n[nH]c(C(F)(F)F)c1-c1ccc(Cl)cc1. The zero-order valence-electron chi connectivity index (χ0n) is 8.35. The van der Waals surface area contributed by atoms with E-state index >= 15 is 0 Å². The summed E-state index contributed by atoms with van der Waals surface area (Å²) in [5.41, 5.74) is 4.63. The van der Waals surface area contributed by atoms with Gasteiger partial charge in [0.05, 0.1) is 5.56 Å². The summed E-state index contributed by atoms with van der Waals surface area (Å²) in [6.45, 7) is 0. The topological polar surface area (TPSA) is 54.7 Å². The van der Waals surface area contributed by atoms with Crippen LogP contribution < -0.4 is 5.73 Å². The van der Waals surface area contributed by atoms with Gasteiger partial charge in [-0.1, -0.05) is 23.7 Å². The molecule has 0 atom stereocenters. The van der Waals surface area contributed by atoms with Gasteiger partial charge < -0.3 is 5.73 Å². The van der Waals surface area contributed by atoms with E-state index in [-0.39, 0.29) is 11.4 Å². The minimum Gasteiger partial charge on any atom is -0.382 e. The fourth-order valence-corrected chi connectivity index (χ4v) is 1.60. The van der Waals surface area contributed by atoms with Crippen LogP contribution in [-0.4, -0.2) is 10.2 Å². The third-order valence-electron chi connectivity index (χ3n) is 2.21. The van der Waals surface area contributed by atoms with Crippen molar-refractivity contribution in [2.24, 2.45) is 0 Å². The van der Waals surface area contributed by atoms with E-state index in [4.69, 9.17) is 17.3 Å². The van der Waals surface area contributed by atoms with E-state index in [0.29, 0.717) is 10.6 Å². The second kappa shape index (κ2) is 3.96. The Balaban J connectivity index is 2.59. The molecule has 0 saturated carbocycles. The molecular formula is C10H7ClF3N3. The van der Waals surface area contributed by atoms with Crippen LogP contribution in [0.2, 0.25) is 5.02 Å². The van der Waals surface area contributed by atoms with Crippen LogP contribution in [0.4, 0.5) is 19.0 Å². The van der Waals surface area contributed by atoms with Crippen LogP contribution in [-0.2, 0) is 6.18 Å². The predicted octanol–water partition coefficient (Wildman–Crippen LogP) is 3.33. The molecule has 3 nitrogen and oxygen atoms in total. The lowest BCUT2D eigenvalue weighted by molar-refractivity contribution is -0.140. The van der Waals surface area contributed by atoms with Crippen LogP contribution in [0.15, 0.2) is 24.3 Å². The van der Waals surface area contributed by atoms with Crippen molar-refractivity contribution in [3.05, 3.63) is 35.0 Å². The summed E-state index contributed by atoms with van der Waals surface area (Å²) < 4.78 is 38.0. The van der Waals surface area contributed by atoms with Crippen molar-refractivity contribution in [1.82, 2.24) is 10.2 Å². The highest BCUT2D eigenvalue weighted by Gasteiger charge is 2.37. The van der Waals surface area contributed by atoms with Crippen LogP contribution >= 0.6 is 11.6 Å². The summed E-state index contributed by atoms with van der Waals surface area (Å²) in [6.07, 6.45) is -4.53. The zero-order valence-corrected chi connectivity index (χ0v) is 9.10. The Morgan fingerprint density at radius 1 is 1.18 bits per heavy atom. The van der Waals surface area contributed by atoms with Crippen molar-refractivity contribution < 1.29 is 13.2 Å². The Hall–Kier alpha value is -1.69. The molecule has 1 aromatic carbocycles. The van der Waals surface area contributed by atoms with E-state index in [1.165, 1.54) is 24.3 Å². The van der Waals surface area contributed by atoms with E-state index in [9.17, 15) is 13.2 Å². The number of nitrogens with two attached hydrogens (primary N) is 1.